The molecule has 29 heavy (non-hydrogen) atoms. The number of hydrogen-bond acceptors (Lipinski definition) is 5. The molecule has 0 aromatic heterocycles. The van der Waals surface area contributed by atoms with E-state index in [2.05, 4.69) is 0 Å². The molecule has 2 bridgehead atoms. The lowest BCUT2D eigenvalue weighted by molar-refractivity contribution is -0.160. The molecule has 3 fully saturated rings. The highest BCUT2D eigenvalue weighted by atomic mass is 19.1. The zero-order valence-electron chi connectivity index (χ0n) is 16.5. The van der Waals surface area contributed by atoms with E-state index in [4.69, 9.17) is 4.74 Å². The summed E-state index contributed by atoms with van der Waals surface area (Å²) in [5, 5.41) is 0. The highest BCUT2D eigenvalue weighted by Gasteiger charge is 2.62. The molecule has 1 aliphatic heterocycles. The fourth-order valence-electron chi connectivity index (χ4n) is 5.32. The Hall–Kier alpha value is -2.57. The number of rotatable bonds is 6. The lowest BCUT2D eigenvalue weighted by Crippen LogP contribution is -2.50. The van der Waals surface area contributed by atoms with Gasteiger partial charge in [0.1, 0.15) is 11.9 Å². The minimum Gasteiger partial charge on any atom is -0.456 e. The van der Waals surface area contributed by atoms with Gasteiger partial charge in [-0.15, -0.1) is 0 Å². The largest absolute Gasteiger partial charge is 0.456 e. The molecule has 4 rings (SSSR count). The first-order valence-electron chi connectivity index (χ1n) is 10.1. The quantitative estimate of drug-likeness (QED) is 0.416. The van der Waals surface area contributed by atoms with E-state index < -0.39 is 30.2 Å². The number of ketones is 1. The van der Waals surface area contributed by atoms with E-state index >= 15 is 0 Å². The van der Waals surface area contributed by atoms with Crippen molar-refractivity contribution in [3.63, 3.8) is 0 Å². The normalized spacial score (nSPS) is 28.8. The summed E-state index contributed by atoms with van der Waals surface area (Å²) in [4.78, 5) is 52.1. The van der Waals surface area contributed by atoms with Gasteiger partial charge in [-0.3, -0.25) is 19.3 Å². The Labute approximate surface area is 168 Å². The Morgan fingerprint density at radius 2 is 1.62 bits per heavy atom. The van der Waals surface area contributed by atoms with Crippen LogP contribution >= 0.6 is 0 Å². The van der Waals surface area contributed by atoms with Crippen molar-refractivity contribution in [1.29, 1.82) is 0 Å². The van der Waals surface area contributed by atoms with Gasteiger partial charge in [-0.2, -0.15) is 0 Å². The summed E-state index contributed by atoms with van der Waals surface area (Å²) in [5.41, 5.74) is 0.222. The second-order valence-electron chi connectivity index (χ2n) is 8.66. The molecule has 2 saturated carbocycles. The summed E-state index contributed by atoms with van der Waals surface area (Å²) in [5.74, 6) is -2.74. The molecule has 0 unspecified atom stereocenters. The van der Waals surface area contributed by atoms with Gasteiger partial charge in [0, 0.05) is 5.56 Å². The summed E-state index contributed by atoms with van der Waals surface area (Å²) in [6.45, 7) is 2.97. The molecule has 1 aromatic rings. The molecule has 5 atom stereocenters. The number of nitrogens with zero attached hydrogens (tertiary/aromatic N) is 1. The van der Waals surface area contributed by atoms with Crippen LogP contribution in [0, 0.1) is 35.4 Å². The molecule has 0 spiro atoms. The van der Waals surface area contributed by atoms with Crippen molar-refractivity contribution in [3.8, 4) is 0 Å². The molecule has 7 heteroatoms. The number of esters is 1. The highest BCUT2D eigenvalue weighted by Crippen LogP contribution is 2.56. The topological polar surface area (TPSA) is 80.8 Å². The summed E-state index contributed by atoms with van der Waals surface area (Å²) in [6.07, 6.45) is 2.84. The van der Waals surface area contributed by atoms with Gasteiger partial charge in [-0.1, -0.05) is 13.8 Å². The average Bonchev–Trinajstić information content (AvgIpc) is 3.36. The van der Waals surface area contributed by atoms with Crippen molar-refractivity contribution in [2.45, 2.75) is 39.2 Å². The number of ether oxygens (including phenoxy) is 1. The molecule has 2 aliphatic carbocycles. The van der Waals surface area contributed by atoms with Gasteiger partial charge in [0.05, 0.1) is 11.8 Å². The Kier molecular flexibility index (Phi) is 5.00. The number of carbonyl (C=O) groups is 4. The van der Waals surface area contributed by atoms with E-state index in [1.807, 2.05) is 0 Å². The Morgan fingerprint density at radius 1 is 1.07 bits per heavy atom. The maximum absolute atomic E-state index is 13.0. The van der Waals surface area contributed by atoms with Crippen LogP contribution in [0.25, 0.3) is 0 Å². The number of fused-ring (bicyclic) bond motifs is 5. The third-order valence-electron chi connectivity index (χ3n) is 6.62. The van der Waals surface area contributed by atoms with Crippen LogP contribution < -0.4 is 0 Å². The zero-order valence-corrected chi connectivity index (χ0v) is 16.5. The molecule has 3 aliphatic rings. The van der Waals surface area contributed by atoms with Gasteiger partial charge in [0.25, 0.3) is 0 Å². The fourth-order valence-corrected chi connectivity index (χ4v) is 5.32. The van der Waals surface area contributed by atoms with E-state index in [0.717, 1.165) is 36.3 Å². The molecule has 1 aromatic carbocycles. The van der Waals surface area contributed by atoms with Gasteiger partial charge < -0.3 is 4.74 Å². The number of Topliss-reactive ketones (excluding diaryl/α,β-unsaturated/α-hetero) is 1. The first-order valence-corrected chi connectivity index (χ1v) is 10.1. The first-order chi connectivity index (χ1) is 13.8. The van der Waals surface area contributed by atoms with Crippen LogP contribution in [0.3, 0.4) is 0 Å². The van der Waals surface area contributed by atoms with Crippen LogP contribution in [0.2, 0.25) is 0 Å². The van der Waals surface area contributed by atoms with Crippen LogP contribution in [0.4, 0.5) is 4.39 Å². The number of hydrogen-bond donors (Lipinski definition) is 0. The Balaban J connectivity index is 1.47. The van der Waals surface area contributed by atoms with E-state index in [0.29, 0.717) is 0 Å². The maximum atomic E-state index is 13.0. The van der Waals surface area contributed by atoms with Crippen molar-refractivity contribution >= 4 is 23.6 Å². The predicted octanol–water partition coefficient (Wildman–Crippen LogP) is 2.61. The summed E-state index contributed by atoms with van der Waals surface area (Å²) < 4.78 is 18.2. The Bertz CT molecular complexity index is 836. The van der Waals surface area contributed by atoms with Crippen molar-refractivity contribution in [2.24, 2.45) is 29.6 Å². The van der Waals surface area contributed by atoms with Crippen LogP contribution in [0.15, 0.2) is 24.3 Å². The van der Waals surface area contributed by atoms with Crippen molar-refractivity contribution < 1.29 is 28.3 Å². The third kappa shape index (κ3) is 3.26. The summed E-state index contributed by atoms with van der Waals surface area (Å²) in [7, 11) is 0. The van der Waals surface area contributed by atoms with Crippen molar-refractivity contribution in [3.05, 3.63) is 35.6 Å². The smallest absolute Gasteiger partial charge is 0.330 e. The summed E-state index contributed by atoms with van der Waals surface area (Å²) >= 11 is 0. The molecular weight excluding hydrogens is 377 g/mol. The van der Waals surface area contributed by atoms with Gasteiger partial charge in [0.15, 0.2) is 12.4 Å². The number of amides is 2. The number of halogens is 1. The van der Waals surface area contributed by atoms with Gasteiger partial charge >= 0.3 is 5.97 Å². The molecule has 1 heterocycles. The average molecular weight is 401 g/mol. The fraction of sp³-hybridized carbons (Fsp3) is 0.545. The van der Waals surface area contributed by atoms with Crippen LogP contribution in [0.5, 0.6) is 0 Å². The molecule has 154 valence electrons. The molecular formula is C22H24FNO5. The number of likely N-dealkylation sites (tertiary alicyclic amines) is 1. The minimum atomic E-state index is -1.04. The molecule has 2 amide bonds. The van der Waals surface area contributed by atoms with Crippen LogP contribution in [0.1, 0.15) is 43.5 Å². The molecule has 6 nitrogen and oxygen atoms in total. The van der Waals surface area contributed by atoms with Crippen molar-refractivity contribution in [1.82, 2.24) is 4.90 Å². The maximum Gasteiger partial charge on any atom is 0.330 e. The van der Waals surface area contributed by atoms with Crippen LogP contribution in [-0.4, -0.2) is 41.1 Å². The highest BCUT2D eigenvalue weighted by molar-refractivity contribution is 6.09. The number of carbonyl (C=O) groups excluding carboxylic acids is 4. The monoisotopic (exact) mass is 401 g/mol. The van der Waals surface area contributed by atoms with Crippen molar-refractivity contribution in [2.75, 3.05) is 6.61 Å². The molecule has 0 radical (unpaired) electrons. The van der Waals surface area contributed by atoms with Gasteiger partial charge in [-0.05, 0) is 61.3 Å². The van der Waals surface area contributed by atoms with E-state index in [1.165, 1.54) is 12.1 Å². The van der Waals surface area contributed by atoms with Gasteiger partial charge in [-0.25, -0.2) is 9.18 Å². The lowest BCUT2D eigenvalue weighted by Gasteiger charge is -2.28. The standard InChI is InChI=1S/C22H24FNO5/c1-11(2)19(22(28)29-10-16(25)12-5-7-15(23)8-6-12)24-20(26)17-13-3-4-14(9-13)18(17)21(24)27/h5-8,11,13-14,17-19H,3-4,9-10H2,1-2H3/t13-,14-,17-,18+,19-/m0/s1. The minimum absolute atomic E-state index is 0.222. The SMILES string of the molecule is CC(C)[C@@H](C(=O)OCC(=O)c1ccc(F)cc1)N1C(=O)[C@@H]2[C@H]3CC[C@@H](C3)[C@@H]2C1=O. The number of benzene rings is 1. The van der Waals surface area contributed by atoms with E-state index in [1.54, 1.807) is 13.8 Å². The summed E-state index contributed by atoms with van der Waals surface area (Å²) in [6, 6.07) is 3.90. The second-order valence-corrected chi connectivity index (χ2v) is 8.66. The first kappa shape index (κ1) is 19.7. The molecule has 1 saturated heterocycles. The Morgan fingerprint density at radius 3 is 2.14 bits per heavy atom. The zero-order chi connectivity index (χ0) is 20.9. The molecule has 0 N–H and O–H groups in total. The van der Waals surface area contributed by atoms with Gasteiger partial charge in [0.2, 0.25) is 11.8 Å². The number of imide groups is 1. The van der Waals surface area contributed by atoms with Crippen LogP contribution in [-0.2, 0) is 19.1 Å². The van der Waals surface area contributed by atoms with E-state index in [-0.39, 0.29) is 47.0 Å². The third-order valence-corrected chi connectivity index (χ3v) is 6.62. The van der Waals surface area contributed by atoms with E-state index in [9.17, 15) is 23.6 Å². The predicted molar refractivity (Wildman–Crippen MR) is 100.0 cm³/mol. The second kappa shape index (κ2) is 7.35. The lowest BCUT2D eigenvalue weighted by atomic mass is 9.81.